The molecule has 21 heavy (non-hydrogen) atoms. The largest absolute Gasteiger partial charge is 0.494 e. The van der Waals surface area contributed by atoms with Crippen molar-refractivity contribution in [2.75, 3.05) is 13.7 Å². The first kappa shape index (κ1) is 15.4. The zero-order valence-corrected chi connectivity index (χ0v) is 12.5. The first-order valence-electron chi connectivity index (χ1n) is 7.20. The zero-order valence-electron chi connectivity index (χ0n) is 12.5. The van der Waals surface area contributed by atoms with Gasteiger partial charge >= 0.3 is 0 Å². The molecule has 0 aliphatic heterocycles. The summed E-state index contributed by atoms with van der Waals surface area (Å²) >= 11 is 0. The highest BCUT2D eigenvalue weighted by atomic mass is 19.1. The molecule has 0 spiro atoms. The lowest BCUT2D eigenvalue weighted by Gasteiger charge is -2.19. The Morgan fingerprint density at radius 1 is 1.33 bits per heavy atom. The molecule has 0 saturated heterocycles. The minimum absolute atomic E-state index is 0.131. The normalized spacial score (nSPS) is 12.1. The van der Waals surface area contributed by atoms with Gasteiger partial charge < -0.3 is 10.1 Å². The Bertz CT molecular complexity index is 560. The summed E-state index contributed by atoms with van der Waals surface area (Å²) in [4.78, 5) is 4.17. The first-order valence-corrected chi connectivity index (χ1v) is 7.20. The van der Waals surface area contributed by atoms with Crippen LogP contribution in [0.5, 0.6) is 5.75 Å². The lowest BCUT2D eigenvalue weighted by molar-refractivity contribution is 0.386. The highest BCUT2D eigenvalue weighted by Gasteiger charge is 2.13. The van der Waals surface area contributed by atoms with E-state index in [2.05, 4.69) is 17.2 Å². The molecule has 1 aromatic heterocycles. The SMILES string of the molecule is CCCNC(Cc1ccc(OC)c(F)c1)c1cccnc1. The summed E-state index contributed by atoms with van der Waals surface area (Å²) in [5, 5.41) is 3.49. The van der Waals surface area contributed by atoms with E-state index in [1.165, 1.54) is 13.2 Å². The Morgan fingerprint density at radius 3 is 2.81 bits per heavy atom. The molecule has 1 heterocycles. The van der Waals surface area contributed by atoms with Crippen LogP contribution in [0.3, 0.4) is 0 Å². The minimum Gasteiger partial charge on any atom is -0.494 e. The van der Waals surface area contributed by atoms with Crippen LogP contribution in [0.1, 0.15) is 30.5 Å². The van der Waals surface area contributed by atoms with Crippen LogP contribution in [0.25, 0.3) is 0 Å². The number of benzene rings is 1. The lowest BCUT2D eigenvalue weighted by atomic mass is 10.00. The summed E-state index contributed by atoms with van der Waals surface area (Å²) in [6.45, 7) is 3.04. The molecule has 0 fully saturated rings. The van der Waals surface area contributed by atoms with Gasteiger partial charge in [0.05, 0.1) is 7.11 Å². The smallest absolute Gasteiger partial charge is 0.165 e. The van der Waals surface area contributed by atoms with Gasteiger partial charge in [-0.1, -0.05) is 19.1 Å². The van der Waals surface area contributed by atoms with Crippen LogP contribution in [0.2, 0.25) is 0 Å². The molecule has 0 bridgehead atoms. The van der Waals surface area contributed by atoms with Crippen LogP contribution >= 0.6 is 0 Å². The van der Waals surface area contributed by atoms with Gasteiger partial charge in [0.2, 0.25) is 0 Å². The molecule has 1 aromatic carbocycles. The van der Waals surface area contributed by atoms with Crippen LogP contribution in [0.4, 0.5) is 4.39 Å². The summed E-state index contributed by atoms with van der Waals surface area (Å²) in [5.74, 6) is -0.0476. The van der Waals surface area contributed by atoms with Gasteiger partial charge in [-0.3, -0.25) is 4.98 Å². The van der Waals surface area contributed by atoms with Crippen molar-refractivity contribution in [1.82, 2.24) is 10.3 Å². The van der Waals surface area contributed by atoms with Gasteiger partial charge in [0.25, 0.3) is 0 Å². The van der Waals surface area contributed by atoms with Crippen molar-refractivity contribution in [3.63, 3.8) is 0 Å². The maximum atomic E-state index is 13.8. The molecule has 1 N–H and O–H groups in total. The maximum absolute atomic E-state index is 13.8. The fourth-order valence-corrected chi connectivity index (χ4v) is 2.28. The van der Waals surface area contributed by atoms with Crippen molar-refractivity contribution in [2.45, 2.75) is 25.8 Å². The molecule has 0 amide bonds. The molecular weight excluding hydrogens is 267 g/mol. The molecule has 3 nitrogen and oxygen atoms in total. The average molecular weight is 288 g/mol. The van der Waals surface area contributed by atoms with Gasteiger partial charge in [0.1, 0.15) is 0 Å². The maximum Gasteiger partial charge on any atom is 0.165 e. The van der Waals surface area contributed by atoms with Gasteiger partial charge in [-0.2, -0.15) is 0 Å². The fourth-order valence-electron chi connectivity index (χ4n) is 2.28. The van der Waals surface area contributed by atoms with E-state index in [1.807, 2.05) is 24.4 Å². The van der Waals surface area contributed by atoms with Crippen molar-refractivity contribution in [3.8, 4) is 5.75 Å². The number of hydrogen-bond donors (Lipinski definition) is 1. The molecule has 4 heteroatoms. The van der Waals surface area contributed by atoms with Gasteiger partial charge in [-0.25, -0.2) is 4.39 Å². The first-order chi connectivity index (χ1) is 10.2. The number of aromatic nitrogens is 1. The Hall–Kier alpha value is -1.94. The molecule has 0 saturated carbocycles. The monoisotopic (exact) mass is 288 g/mol. The van der Waals surface area contributed by atoms with Gasteiger partial charge in [-0.15, -0.1) is 0 Å². The molecule has 0 aliphatic carbocycles. The van der Waals surface area contributed by atoms with E-state index in [9.17, 15) is 4.39 Å². The van der Waals surface area contributed by atoms with Gasteiger partial charge in [0, 0.05) is 18.4 Å². The Balaban J connectivity index is 2.16. The predicted octanol–water partition coefficient (Wildman–Crippen LogP) is 3.51. The number of hydrogen-bond acceptors (Lipinski definition) is 3. The molecule has 2 rings (SSSR count). The molecule has 1 atom stereocenters. The second-order valence-electron chi connectivity index (χ2n) is 4.97. The molecule has 0 aliphatic rings. The van der Waals surface area contributed by atoms with Crippen molar-refractivity contribution in [1.29, 1.82) is 0 Å². The van der Waals surface area contributed by atoms with Crippen LogP contribution in [0.15, 0.2) is 42.7 Å². The number of ether oxygens (including phenoxy) is 1. The lowest BCUT2D eigenvalue weighted by Crippen LogP contribution is -2.24. The van der Waals surface area contributed by atoms with E-state index < -0.39 is 0 Å². The standard InChI is InChI=1S/C17H21FN2O/c1-3-8-20-16(14-5-4-9-19-12-14)11-13-6-7-17(21-2)15(18)10-13/h4-7,9-10,12,16,20H,3,8,11H2,1-2H3. The number of pyridine rings is 1. The third-order valence-corrected chi connectivity index (χ3v) is 3.38. The number of rotatable bonds is 7. The Labute approximate surface area is 125 Å². The Morgan fingerprint density at radius 2 is 2.19 bits per heavy atom. The van der Waals surface area contributed by atoms with E-state index in [-0.39, 0.29) is 17.6 Å². The quantitative estimate of drug-likeness (QED) is 0.846. The van der Waals surface area contributed by atoms with E-state index in [1.54, 1.807) is 12.3 Å². The molecule has 112 valence electrons. The third-order valence-electron chi connectivity index (χ3n) is 3.38. The number of nitrogens with one attached hydrogen (secondary N) is 1. The van der Waals surface area contributed by atoms with Gasteiger partial charge in [0.15, 0.2) is 11.6 Å². The summed E-state index contributed by atoms with van der Waals surface area (Å²) in [6, 6.07) is 9.20. The number of nitrogens with zero attached hydrogens (tertiary/aromatic N) is 1. The van der Waals surface area contributed by atoms with E-state index in [0.29, 0.717) is 6.42 Å². The molecular formula is C17H21FN2O. The van der Waals surface area contributed by atoms with Crippen molar-refractivity contribution in [2.24, 2.45) is 0 Å². The summed E-state index contributed by atoms with van der Waals surface area (Å²) in [7, 11) is 1.47. The predicted molar refractivity (Wildman–Crippen MR) is 81.9 cm³/mol. The zero-order chi connectivity index (χ0) is 15.1. The molecule has 2 aromatic rings. The van der Waals surface area contributed by atoms with Crippen molar-refractivity contribution in [3.05, 3.63) is 59.7 Å². The second kappa shape index (κ2) is 7.74. The van der Waals surface area contributed by atoms with Crippen LogP contribution in [-0.4, -0.2) is 18.6 Å². The van der Waals surface area contributed by atoms with E-state index in [0.717, 1.165) is 24.1 Å². The number of halogens is 1. The summed E-state index contributed by atoms with van der Waals surface area (Å²) < 4.78 is 18.8. The highest BCUT2D eigenvalue weighted by molar-refractivity contribution is 5.30. The minimum atomic E-state index is -0.324. The fraction of sp³-hybridized carbons (Fsp3) is 0.353. The van der Waals surface area contributed by atoms with Gasteiger partial charge in [-0.05, 0) is 48.7 Å². The summed E-state index contributed by atoms with van der Waals surface area (Å²) in [5.41, 5.74) is 2.05. The third kappa shape index (κ3) is 4.26. The second-order valence-corrected chi connectivity index (χ2v) is 4.97. The average Bonchev–Trinajstić information content (AvgIpc) is 2.52. The Kier molecular flexibility index (Phi) is 5.69. The summed E-state index contributed by atoms with van der Waals surface area (Å²) in [6.07, 6.45) is 5.38. The van der Waals surface area contributed by atoms with Crippen molar-refractivity contribution >= 4 is 0 Å². The molecule has 1 unspecified atom stereocenters. The number of methoxy groups -OCH3 is 1. The highest BCUT2D eigenvalue weighted by Crippen LogP contribution is 2.22. The van der Waals surface area contributed by atoms with E-state index in [4.69, 9.17) is 4.74 Å². The van der Waals surface area contributed by atoms with Crippen LogP contribution < -0.4 is 10.1 Å². The topological polar surface area (TPSA) is 34.1 Å². The van der Waals surface area contributed by atoms with Crippen LogP contribution in [0, 0.1) is 5.82 Å². The van der Waals surface area contributed by atoms with Crippen molar-refractivity contribution < 1.29 is 9.13 Å². The van der Waals surface area contributed by atoms with E-state index >= 15 is 0 Å². The van der Waals surface area contributed by atoms with Crippen LogP contribution in [-0.2, 0) is 6.42 Å². The molecule has 0 radical (unpaired) electrons.